The first kappa shape index (κ1) is 17.1. The number of carbonyl (C=O) groups excluding carboxylic acids is 1. The van der Waals surface area contributed by atoms with Gasteiger partial charge in [0.05, 0.1) is 5.56 Å². The molecule has 0 aliphatic rings. The largest absolute Gasteiger partial charge is 0.439 e. The Morgan fingerprint density at radius 1 is 1.12 bits per heavy atom. The number of carbonyl (C=O) groups is 1. The van der Waals surface area contributed by atoms with Crippen LogP contribution in [0, 0.1) is 5.82 Å². The van der Waals surface area contributed by atoms with Crippen molar-refractivity contribution >= 4 is 21.8 Å². The molecule has 1 aromatic heterocycles. The fourth-order valence-electron chi connectivity index (χ4n) is 2.18. The summed E-state index contributed by atoms with van der Waals surface area (Å²) in [5, 5.41) is 2.79. The van der Waals surface area contributed by atoms with Gasteiger partial charge >= 0.3 is 0 Å². The van der Waals surface area contributed by atoms with Crippen molar-refractivity contribution in [1.29, 1.82) is 0 Å². The highest BCUT2D eigenvalue weighted by Crippen LogP contribution is 2.20. The summed E-state index contributed by atoms with van der Waals surface area (Å²) in [4.78, 5) is 16.4. The Kier molecular flexibility index (Phi) is 5.40. The van der Waals surface area contributed by atoms with Crippen LogP contribution >= 0.6 is 15.9 Å². The van der Waals surface area contributed by atoms with Crippen LogP contribution in [0.2, 0.25) is 0 Å². The highest BCUT2D eigenvalue weighted by molar-refractivity contribution is 9.10. The van der Waals surface area contributed by atoms with Crippen LogP contribution in [0.4, 0.5) is 4.39 Å². The zero-order chi connectivity index (χ0) is 17.6. The minimum atomic E-state index is -0.403. The number of hydrogen-bond acceptors (Lipinski definition) is 3. The standard InChI is InChI=1S/C19H14BrFN2O2/c20-17-11-14(21)6-7-16(17)19(24)23-12-13-8-9-22-18(10-13)25-15-4-2-1-3-5-15/h1-11H,12H2,(H,23,24). The van der Waals surface area contributed by atoms with Crippen molar-refractivity contribution in [3.63, 3.8) is 0 Å². The Hall–Kier alpha value is -2.73. The molecule has 0 saturated carbocycles. The van der Waals surface area contributed by atoms with Crippen LogP contribution in [0.5, 0.6) is 11.6 Å². The molecule has 6 heteroatoms. The van der Waals surface area contributed by atoms with E-state index in [1.54, 1.807) is 18.3 Å². The zero-order valence-electron chi connectivity index (χ0n) is 13.1. The number of halogens is 2. The average Bonchev–Trinajstić information content (AvgIpc) is 2.61. The Bertz CT molecular complexity index is 888. The molecule has 25 heavy (non-hydrogen) atoms. The smallest absolute Gasteiger partial charge is 0.252 e. The summed E-state index contributed by atoms with van der Waals surface area (Å²) in [7, 11) is 0. The van der Waals surface area contributed by atoms with Gasteiger partial charge in [-0.25, -0.2) is 9.37 Å². The van der Waals surface area contributed by atoms with Crippen LogP contribution in [-0.2, 0) is 6.54 Å². The first-order chi connectivity index (χ1) is 12.1. The molecule has 3 rings (SSSR count). The van der Waals surface area contributed by atoms with Crippen molar-refractivity contribution in [3.8, 4) is 11.6 Å². The SMILES string of the molecule is O=C(NCc1ccnc(Oc2ccccc2)c1)c1ccc(F)cc1Br. The molecule has 0 bridgehead atoms. The van der Waals surface area contributed by atoms with Gasteiger partial charge in [-0.2, -0.15) is 0 Å². The van der Waals surface area contributed by atoms with Gasteiger partial charge in [0.25, 0.3) is 5.91 Å². The third-order valence-electron chi connectivity index (χ3n) is 3.39. The van der Waals surface area contributed by atoms with Crippen molar-refractivity contribution in [2.45, 2.75) is 6.54 Å². The molecular formula is C19H14BrFN2O2. The Balaban J connectivity index is 1.65. The summed E-state index contributed by atoms with van der Waals surface area (Å²) in [6, 6.07) is 16.8. The predicted octanol–water partition coefficient (Wildman–Crippen LogP) is 4.71. The predicted molar refractivity (Wildman–Crippen MR) is 96.0 cm³/mol. The van der Waals surface area contributed by atoms with E-state index in [0.717, 1.165) is 5.56 Å². The molecule has 0 radical (unpaired) electrons. The van der Waals surface area contributed by atoms with Crippen molar-refractivity contribution in [2.75, 3.05) is 0 Å². The molecular weight excluding hydrogens is 387 g/mol. The lowest BCUT2D eigenvalue weighted by atomic mass is 10.2. The molecule has 2 aromatic carbocycles. The van der Waals surface area contributed by atoms with Crippen molar-refractivity contribution in [2.24, 2.45) is 0 Å². The second-order valence-corrected chi connectivity index (χ2v) is 6.08. The highest BCUT2D eigenvalue weighted by Gasteiger charge is 2.10. The van der Waals surface area contributed by atoms with Gasteiger partial charge < -0.3 is 10.1 Å². The minimum absolute atomic E-state index is 0.297. The van der Waals surface area contributed by atoms with Gasteiger partial charge in [0, 0.05) is 23.3 Å². The molecule has 0 aliphatic heterocycles. The van der Waals surface area contributed by atoms with Gasteiger partial charge in [-0.15, -0.1) is 0 Å². The number of para-hydroxylation sites is 1. The Labute approximate surface area is 152 Å². The van der Waals surface area contributed by atoms with Gasteiger partial charge in [-0.3, -0.25) is 4.79 Å². The van der Waals surface area contributed by atoms with Crippen molar-refractivity contribution in [3.05, 3.63) is 88.3 Å². The molecule has 0 fully saturated rings. The molecule has 4 nitrogen and oxygen atoms in total. The van der Waals surface area contributed by atoms with Gasteiger partial charge in [0.2, 0.25) is 5.88 Å². The topological polar surface area (TPSA) is 51.2 Å². The molecule has 3 aromatic rings. The number of benzene rings is 2. The zero-order valence-corrected chi connectivity index (χ0v) is 14.7. The third kappa shape index (κ3) is 4.64. The second kappa shape index (κ2) is 7.90. The molecule has 0 unspecified atom stereocenters. The van der Waals surface area contributed by atoms with E-state index >= 15 is 0 Å². The van der Waals surface area contributed by atoms with Crippen LogP contribution in [0.3, 0.4) is 0 Å². The van der Waals surface area contributed by atoms with E-state index in [2.05, 4.69) is 26.2 Å². The maximum Gasteiger partial charge on any atom is 0.252 e. The van der Waals surface area contributed by atoms with Crippen LogP contribution < -0.4 is 10.1 Å². The monoisotopic (exact) mass is 400 g/mol. The first-order valence-electron chi connectivity index (χ1n) is 7.53. The van der Waals surface area contributed by atoms with Crippen LogP contribution in [0.25, 0.3) is 0 Å². The van der Waals surface area contributed by atoms with Gasteiger partial charge in [-0.1, -0.05) is 18.2 Å². The molecule has 1 amide bonds. The lowest BCUT2D eigenvalue weighted by Gasteiger charge is -2.09. The number of amides is 1. The molecule has 0 saturated heterocycles. The Morgan fingerprint density at radius 3 is 2.68 bits per heavy atom. The number of nitrogens with one attached hydrogen (secondary N) is 1. The molecule has 0 aliphatic carbocycles. The summed E-state index contributed by atoms with van der Waals surface area (Å²) in [6.45, 7) is 0.302. The number of ether oxygens (including phenoxy) is 1. The number of aromatic nitrogens is 1. The normalized spacial score (nSPS) is 10.3. The van der Waals surface area contributed by atoms with E-state index in [1.807, 2.05) is 30.3 Å². The third-order valence-corrected chi connectivity index (χ3v) is 4.05. The average molecular weight is 401 g/mol. The summed E-state index contributed by atoms with van der Waals surface area (Å²) in [5.74, 6) is 0.432. The molecule has 0 spiro atoms. The number of hydrogen-bond donors (Lipinski definition) is 1. The summed E-state index contributed by atoms with van der Waals surface area (Å²) in [5.41, 5.74) is 1.21. The van der Waals surface area contributed by atoms with Crippen LogP contribution in [0.1, 0.15) is 15.9 Å². The van der Waals surface area contributed by atoms with Gasteiger partial charge in [0.1, 0.15) is 11.6 Å². The van der Waals surface area contributed by atoms with E-state index in [9.17, 15) is 9.18 Å². The van der Waals surface area contributed by atoms with Crippen LogP contribution in [-0.4, -0.2) is 10.9 Å². The van der Waals surface area contributed by atoms with Gasteiger partial charge in [0.15, 0.2) is 0 Å². The van der Waals surface area contributed by atoms with Gasteiger partial charge in [-0.05, 0) is 57.9 Å². The molecule has 1 heterocycles. The van der Waals surface area contributed by atoms with E-state index in [1.165, 1.54) is 18.2 Å². The van der Waals surface area contributed by atoms with E-state index in [0.29, 0.717) is 28.2 Å². The summed E-state index contributed by atoms with van der Waals surface area (Å²) in [6.07, 6.45) is 1.62. The fourth-order valence-corrected chi connectivity index (χ4v) is 2.71. The lowest BCUT2D eigenvalue weighted by molar-refractivity contribution is 0.0950. The summed E-state index contributed by atoms with van der Waals surface area (Å²) < 4.78 is 19.2. The fraction of sp³-hybridized carbons (Fsp3) is 0.0526. The second-order valence-electron chi connectivity index (χ2n) is 5.22. The summed E-state index contributed by atoms with van der Waals surface area (Å²) >= 11 is 3.19. The van der Waals surface area contributed by atoms with Crippen molar-refractivity contribution < 1.29 is 13.9 Å². The van der Waals surface area contributed by atoms with E-state index in [-0.39, 0.29) is 5.91 Å². The maximum absolute atomic E-state index is 13.1. The van der Waals surface area contributed by atoms with Crippen molar-refractivity contribution in [1.82, 2.24) is 10.3 Å². The number of nitrogens with zero attached hydrogens (tertiary/aromatic N) is 1. The van der Waals surface area contributed by atoms with Crippen LogP contribution in [0.15, 0.2) is 71.3 Å². The van der Waals surface area contributed by atoms with E-state index < -0.39 is 5.82 Å². The first-order valence-corrected chi connectivity index (χ1v) is 8.32. The minimum Gasteiger partial charge on any atom is -0.439 e. The molecule has 0 atom stereocenters. The number of rotatable bonds is 5. The lowest BCUT2D eigenvalue weighted by Crippen LogP contribution is -2.23. The Morgan fingerprint density at radius 2 is 1.92 bits per heavy atom. The quantitative estimate of drug-likeness (QED) is 0.674. The number of pyridine rings is 1. The molecule has 126 valence electrons. The highest BCUT2D eigenvalue weighted by atomic mass is 79.9. The molecule has 1 N–H and O–H groups in total. The van der Waals surface area contributed by atoms with E-state index in [4.69, 9.17) is 4.74 Å². The maximum atomic E-state index is 13.1.